The van der Waals surface area contributed by atoms with Crippen LogP contribution in [0.1, 0.15) is 42.5 Å². The second-order valence-corrected chi connectivity index (χ2v) is 5.71. The number of hydrogen-bond acceptors (Lipinski definition) is 5. The fraction of sp³-hybridized carbons (Fsp3) is 0.400. The van der Waals surface area contributed by atoms with Gasteiger partial charge in [-0.25, -0.2) is 4.79 Å². The van der Waals surface area contributed by atoms with Crippen molar-refractivity contribution in [1.29, 1.82) is 5.26 Å². The molecule has 1 aliphatic rings. The first-order valence-corrected chi connectivity index (χ1v) is 7.70. The van der Waals surface area contributed by atoms with Crippen molar-refractivity contribution in [3.63, 3.8) is 0 Å². The third-order valence-electron chi connectivity index (χ3n) is 3.48. The fourth-order valence-corrected chi connectivity index (χ4v) is 2.88. The zero-order valence-electron chi connectivity index (χ0n) is 11.5. The Morgan fingerprint density at radius 1 is 1.24 bits per heavy atom. The minimum Gasteiger partial charge on any atom is -0.335 e. The van der Waals surface area contributed by atoms with E-state index in [-0.39, 0.29) is 17.4 Å². The molecule has 0 aromatic heterocycles. The predicted octanol–water partition coefficient (Wildman–Crippen LogP) is 3.03. The predicted molar refractivity (Wildman–Crippen MR) is 78.0 cm³/mol. The SMILES string of the molecule is N#CSc1ccccc1C(=O)ONC(=O)C1CCCCC1. The van der Waals surface area contributed by atoms with Crippen molar-refractivity contribution in [3.8, 4) is 5.40 Å². The Bertz CT molecular complexity index is 562. The number of nitrogens with zero attached hydrogens (tertiary/aromatic N) is 1. The zero-order valence-corrected chi connectivity index (χ0v) is 12.3. The van der Waals surface area contributed by atoms with Crippen LogP contribution >= 0.6 is 11.8 Å². The lowest BCUT2D eigenvalue weighted by atomic mass is 9.89. The molecule has 110 valence electrons. The van der Waals surface area contributed by atoms with E-state index < -0.39 is 5.97 Å². The molecular weight excluding hydrogens is 288 g/mol. The van der Waals surface area contributed by atoms with Crippen LogP contribution in [0.2, 0.25) is 0 Å². The number of rotatable bonds is 3. The number of benzene rings is 1. The van der Waals surface area contributed by atoms with Gasteiger partial charge in [0.2, 0.25) is 0 Å². The minimum absolute atomic E-state index is 0.0738. The van der Waals surface area contributed by atoms with Gasteiger partial charge in [-0.15, -0.1) is 0 Å². The maximum Gasteiger partial charge on any atom is 0.364 e. The van der Waals surface area contributed by atoms with Gasteiger partial charge in [0.25, 0.3) is 5.91 Å². The molecule has 0 aliphatic heterocycles. The molecule has 0 radical (unpaired) electrons. The summed E-state index contributed by atoms with van der Waals surface area (Å²) in [6.07, 6.45) is 4.90. The van der Waals surface area contributed by atoms with Crippen LogP contribution < -0.4 is 5.48 Å². The van der Waals surface area contributed by atoms with Gasteiger partial charge in [-0.05, 0) is 36.7 Å². The molecule has 0 heterocycles. The van der Waals surface area contributed by atoms with Crippen LogP contribution in [0, 0.1) is 16.6 Å². The van der Waals surface area contributed by atoms with Crippen LogP contribution in [-0.4, -0.2) is 11.9 Å². The molecule has 2 rings (SSSR count). The summed E-state index contributed by atoms with van der Waals surface area (Å²) in [6.45, 7) is 0. The second-order valence-electron chi connectivity index (χ2n) is 4.88. The van der Waals surface area contributed by atoms with Crippen molar-refractivity contribution in [2.24, 2.45) is 5.92 Å². The maximum atomic E-state index is 12.0. The van der Waals surface area contributed by atoms with Crippen LogP contribution in [0.3, 0.4) is 0 Å². The van der Waals surface area contributed by atoms with E-state index in [1.807, 2.05) is 5.40 Å². The zero-order chi connectivity index (χ0) is 15.1. The van der Waals surface area contributed by atoms with Crippen molar-refractivity contribution in [3.05, 3.63) is 29.8 Å². The molecule has 5 nitrogen and oxygen atoms in total. The monoisotopic (exact) mass is 304 g/mol. The van der Waals surface area contributed by atoms with Crippen LogP contribution in [0.25, 0.3) is 0 Å². The summed E-state index contributed by atoms with van der Waals surface area (Å²) in [4.78, 5) is 29.2. The van der Waals surface area contributed by atoms with Crippen LogP contribution in [0.5, 0.6) is 0 Å². The molecule has 0 atom stereocenters. The Kier molecular flexibility index (Phi) is 5.64. The maximum absolute atomic E-state index is 12.0. The van der Waals surface area contributed by atoms with Gasteiger partial charge in [0.1, 0.15) is 5.40 Å². The normalized spacial score (nSPS) is 15.0. The van der Waals surface area contributed by atoms with E-state index in [2.05, 4.69) is 5.48 Å². The van der Waals surface area contributed by atoms with Gasteiger partial charge in [-0.1, -0.05) is 31.4 Å². The highest BCUT2D eigenvalue weighted by Gasteiger charge is 2.22. The molecule has 0 saturated heterocycles. The van der Waals surface area contributed by atoms with Gasteiger partial charge in [0.15, 0.2) is 0 Å². The van der Waals surface area contributed by atoms with E-state index in [9.17, 15) is 9.59 Å². The van der Waals surface area contributed by atoms with Crippen molar-refractivity contribution < 1.29 is 14.4 Å². The van der Waals surface area contributed by atoms with Gasteiger partial charge in [0, 0.05) is 10.8 Å². The standard InChI is InChI=1S/C15H16N2O3S/c16-10-21-13-9-5-4-8-12(13)15(19)20-17-14(18)11-6-2-1-3-7-11/h4-5,8-9,11H,1-3,6-7H2,(H,17,18). The minimum atomic E-state index is -0.655. The largest absolute Gasteiger partial charge is 0.364 e. The molecule has 0 bridgehead atoms. The van der Waals surface area contributed by atoms with E-state index in [4.69, 9.17) is 10.1 Å². The summed E-state index contributed by atoms with van der Waals surface area (Å²) >= 11 is 0.885. The van der Waals surface area contributed by atoms with Crippen LogP contribution in [-0.2, 0) is 9.63 Å². The van der Waals surface area contributed by atoms with Crippen LogP contribution in [0.4, 0.5) is 0 Å². The summed E-state index contributed by atoms with van der Waals surface area (Å²) in [6, 6.07) is 6.64. The van der Waals surface area contributed by atoms with E-state index >= 15 is 0 Å². The number of nitrogens with one attached hydrogen (secondary N) is 1. The Hall–Kier alpha value is -2.00. The van der Waals surface area contributed by atoms with E-state index in [1.54, 1.807) is 24.3 Å². The van der Waals surface area contributed by atoms with Crippen molar-refractivity contribution in [2.45, 2.75) is 37.0 Å². The quantitative estimate of drug-likeness (QED) is 0.527. The summed E-state index contributed by atoms with van der Waals surface area (Å²) in [5.41, 5.74) is 2.51. The first kappa shape index (κ1) is 15.4. The molecule has 1 aromatic rings. The number of amides is 1. The summed E-state index contributed by atoms with van der Waals surface area (Å²) in [5.74, 6) is -0.971. The van der Waals surface area contributed by atoms with Crippen molar-refractivity contribution in [2.75, 3.05) is 0 Å². The number of hydroxylamine groups is 1. The number of carbonyl (C=O) groups is 2. The molecule has 6 heteroatoms. The molecule has 0 unspecified atom stereocenters. The Balaban J connectivity index is 1.92. The van der Waals surface area contributed by atoms with E-state index in [0.29, 0.717) is 4.90 Å². The van der Waals surface area contributed by atoms with Gasteiger partial charge in [-0.2, -0.15) is 10.7 Å². The molecule has 1 aliphatic carbocycles. The average molecular weight is 304 g/mol. The van der Waals surface area contributed by atoms with E-state index in [0.717, 1.165) is 43.9 Å². The number of carbonyl (C=O) groups excluding carboxylic acids is 2. The fourth-order valence-electron chi connectivity index (χ4n) is 2.37. The molecular formula is C15H16N2O3S. The van der Waals surface area contributed by atoms with Gasteiger partial charge in [-0.3, -0.25) is 4.79 Å². The second kappa shape index (κ2) is 7.70. The third-order valence-corrected chi connectivity index (χ3v) is 4.15. The van der Waals surface area contributed by atoms with Crippen LogP contribution in [0.15, 0.2) is 29.2 Å². The van der Waals surface area contributed by atoms with Gasteiger partial charge >= 0.3 is 5.97 Å². The number of nitriles is 1. The molecule has 1 fully saturated rings. The summed E-state index contributed by atoms with van der Waals surface area (Å²) < 4.78 is 0. The highest BCUT2D eigenvalue weighted by Crippen LogP contribution is 2.24. The Morgan fingerprint density at radius 3 is 2.67 bits per heavy atom. The van der Waals surface area contributed by atoms with Gasteiger partial charge < -0.3 is 4.84 Å². The number of hydrogen-bond donors (Lipinski definition) is 1. The lowest BCUT2D eigenvalue weighted by molar-refractivity contribution is -0.135. The lowest BCUT2D eigenvalue weighted by Crippen LogP contribution is -2.34. The molecule has 1 saturated carbocycles. The molecule has 1 N–H and O–H groups in total. The summed E-state index contributed by atoms with van der Waals surface area (Å²) in [7, 11) is 0. The number of thiocyanates is 1. The molecule has 0 spiro atoms. The Morgan fingerprint density at radius 2 is 1.95 bits per heavy atom. The van der Waals surface area contributed by atoms with Crippen molar-refractivity contribution >= 4 is 23.6 Å². The first-order valence-electron chi connectivity index (χ1n) is 6.88. The molecule has 1 aromatic carbocycles. The van der Waals surface area contributed by atoms with Gasteiger partial charge in [0.05, 0.1) is 5.56 Å². The first-order chi connectivity index (χ1) is 10.2. The van der Waals surface area contributed by atoms with E-state index in [1.165, 1.54) is 0 Å². The van der Waals surface area contributed by atoms with Crippen molar-refractivity contribution in [1.82, 2.24) is 5.48 Å². The third kappa shape index (κ3) is 4.23. The smallest absolute Gasteiger partial charge is 0.335 e. The average Bonchev–Trinajstić information content (AvgIpc) is 2.54. The molecule has 21 heavy (non-hydrogen) atoms. The Labute approximate surface area is 127 Å². The highest BCUT2D eigenvalue weighted by molar-refractivity contribution is 8.03. The lowest BCUT2D eigenvalue weighted by Gasteiger charge is -2.20. The topological polar surface area (TPSA) is 79.2 Å². The summed E-state index contributed by atoms with van der Waals surface area (Å²) in [5, 5.41) is 10.6. The molecule has 1 amide bonds. The highest BCUT2D eigenvalue weighted by atomic mass is 32.2. The number of thioether (sulfide) groups is 1.